The van der Waals surface area contributed by atoms with Gasteiger partial charge >= 0.3 is 0 Å². The van der Waals surface area contributed by atoms with Crippen LogP contribution in [-0.4, -0.2) is 6.21 Å². The van der Waals surface area contributed by atoms with Crippen LogP contribution < -0.4 is 0 Å². The molecule has 0 aliphatic carbocycles. The monoisotopic (exact) mass is 239 g/mol. The van der Waals surface area contributed by atoms with E-state index in [9.17, 15) is 0 Å². The molecule has 0 unspecified atom stereocenters. The second kappa shape index (κ2) is 6.15. The van der Waals surface area contributed by atoms with E-state index in [0.717, 1.165) is 22.3 Å². The lowest BCUT2D eigenvalue weighted by Crippen LogP contribution is -1.89. The molecule has 1 aromatic carbocycles. The van der Waals surface area contributed by atoms with Crippen LogP contribution in [0.5, 0.6) is 0 Å². The van der Waals surface area contributed by atoms with Crippen molar-refractivity contribution in [2.75, 3.05) is 0 Å². The van der Waals surface area contributed by atoms with Gasteiger partial charge in [0.15, 0.2) is 0 Å². The molecule has 1 heteroatoms. The molecule has 0 heterocycles. The van der Waals surface area contributed by atoms with Gasteiger partial charge < -0.3 is 5.41 Å². The molecular weight excluding hydrogens is 218 g/mol. The number of rotatable bonds is 4. The summed E-state index contributed by atoms with van der Waals surface area (Å²) in [7, 11) is 0. The molecule has 94 valence electrons. The highest BCUT2D eigenvalue weighted by atomic mass is 14.3. The van der Waals surface area contributed by atoms with E-state index in [-0.39, 0.29) is 0 Å². The van der Waals surface area contributed by atoms with Gasteiger partial charge in [-0.15, -0.1) is 0 Å². The number of hydrogen-bond donors (Lipinski definition) is 1. The molecule has 0 radical (unpaired) electrons. The number of allylic oxidation sites excluding steroid dienone is 5. The highest BCUT2D eigenvalue weighted by Crippen LogP contribution is 2.19. The van der Waals surface area contributed by atoms with Crippen molar-refractivity contribution in [2.45, 2.75) is 27.7 Å². The Hall–Kier alpha value is -1.89. The van der Waals surface area contributed by atoms with Crippen LogP contribution in [0.4, 0.5) is 0 Å². The Labute approximate surface area is 110 Å². The third-order valence-electron chi connectivity index (χ3n) is 3.11. The SMILES string of the molecule is C=C(C)/C(C)=C(C)/C=C(\C=N)c1cccc(C)c1. The van der Waals surface area contributed by atoms with Crippen LogP contribution in [0.25, 0.3) is 5.57 Å². The second-order valence-corrected chi connectivity index (χ2v) is 4.70. The summed E-state index contributed by atoms with van der Waals surface area (Å²) in [6.07, 6.45) is 3.45. The molecule has 1 N–H and O–H groups in total. The number of aryl methyl sites for hydroxylation is 1. The zero-order chi connectivity index (χ0) is 13.7. The van der Waals surface area contributed by atoms with Crippen LogP contribution in [0.2, 0.25) is 0 Å². The summed E-state index contributed by atoms with van der Waals surface area (Å²) < 4.78 is 0. The second-order valence-electron chi connectivity index (χ2n) is 4.70. The average molecular weight is 239 g/mol. The number of nitrogens with one attached hydrogen (secondary N) is 1. The largest absolute Gasteiger partial charge is 0.308 e. The van der Waals surface area contributed by atoms with Crippen LogP contribution in [0.15, 0.2) is 53.6 Å². The fourth-order valence-electron chi connectivity index (χ4n) is 1.71. The van der Waals surface area contributed by atoms with Gasteiger partial charge in [0.2, 0.25) is 0 Å². The topological polar surface area (TPSA) is 23.9 Å². The predicted octanol–water partition coefficient (Wildman–Crippen LogP) is 4.94. The van der Waals surface area contributed by atoms with Gasteiger partial charge in [-0.1, -0.05) is 42.0 Å². The molecule has 1 rings (SSSR count). The fraction of sp³-hybridized carbons (Fsp3) is 0.235. The molecule has 0 aromatic heterocycles. The van der Waals surface area contributed by atoms with Crippen LogP contribution in [0.1, 0.15) is 31.9 Å². The van der Waals surface area contributed by atoms with E-state index in [2.05, 4.69) is 39.5 Å². The third-order valence-corrected chi connectivity index (χ3v) is 3.11. The minimum absolute atomic E-state index is 0.928. The lowest BCUT2D eigenvalue weighted by Gasteiger charge is -2.07. The zero-order valence-corrected chi connectivity index (χ0v) is 11.7. The minimum atomic E-state index is 0.928. The number of benzene rings is 1. The van der Waals surface area contributed by atoms with Crippen molar-refractivity contribution in [3.63, 3.8) is 0 Å². The van der Waals surface area contributed by atoms with E-state index in [0.29, 0.717) is 0 Å². The molecule has 0 spiro atoms. The predicted molar refractivity (Wildman–Crippen MR) is 81.1 cm³/mol. The first-order chi connectivity index (χ1) is 8.45. The van der Waals surface area contributed by atoms with E-state index < -0.39 is 0 Å². The summed E-state index contributed by atoms with van der Waals surface area (Å²) >= 11 is 0. The lowest BCUT2D eigenvalue weighted by molar-refractivity contribution is 1.29. The zero-order valence-electron chi connectivity index (χ0n) is 11.7. The lowest BCUT2D eigenvalue weighted by atomic mass is 9.99. The van der Waals surface area contributed by atoms with E-state index in [1.807, 2.05) is 25.1 Å². The highest BCUT2D eigenvalue weighted by molar-refractivity contribution is 6.09. The Balaban J connectivity index is 3.23. The van der Waals surface area contributed by atoms with Crippen molar-refractivity contribution in [1.82, 2.24) is 0 Å². The molecule has 0 saturated carbocycles. The van der Waals surface area contributed by atoms with E-state index >= 15 is 0 Å². The smallest absolute Gasteiger partial charge is 0.0256 e. The van der Waals surface area contributed by atoms with Gasteiger partial charge in [0.05, 0.1) is 0 Å². The molecule has 0 bridgehead atoms. The van der Waals surface area contributed by atoms with Crippen molar-refractivity contribution < 1.29 is 0 Å². The van der Waals surface area contributed by atoms with E-state index in [1.165, 1.54) is 17.4 Å². The van der Waals surface area contributed by atoms with Gasteiger partial charge in [0.1, 0.15) is 0 Å². The molecule has 0 aliphatic heterocycles. The maximum atomic E-state index is 7.57. The molecule has 0 amide bonds. The Morgan fingerprint density at radius 1 is 1.22 bits per heavy atom. The van der Waals surface area contributed by atoms with Crippen molar-refractivity contribution >= 4 is 11.8 Å². The summed E-state index contributed by atoms with van der Waals surface area (Å²) in [5, 5.41) is 7.57. The third kappa shape index (κ3) is 3.56. The van der Waals surface area contributed by atoms with Crippen LogP contribution in [0.3, 0.4) is 0 Å². The van der Waals surface area contributed by atoms with Gasteiger partial charge in [-0.2, -0.15) is 0 Å². The summed E-state index contributed by atoms with van der Waals surface area (Å²) in [6.45, 7) is 12.1. The Kier molecular flexibility index (Phi) is 4.85. The molecule has 0 aliphatic rings. The first kappa shape index (κ1) is 14.2. The van der Waals surface area contributed by atoms with Gasteiger partial charge in [-0.05, 0) is 56.1 Å². The summed E-state index contributed by atoms with van der Waals surface area (Å²) in [4.78, 5) is 0. The molecular formula is C17H21N. The van der Waals surface area contributed by atoms with Crippen molar-refractivity contribution in [3.05, 3.63) is 64.8 Å². The van der Waals surface area contributed by atoms with E-state index in [1.54, 1.807) is 0 Å². The minimum Gasteiger partial charge on any atom is -0.308 e. The molecule has 1 nitrogen and oxygen atoms in total. The molecule has 0 saturated heterocycles. The normalized spacial score (nSPS) is 13.0. The molecule has 0 fully saturated rings. The Morgan fingerprint density at radius 2 is 1.89 bits per heavy atom. The number of hydrogen-bond acceptors (Lipinski definition) is 1. The average Bonchev–Trinajstić information content (AvgIpc) is 2.34. The Morgan fingerprint density at radius 3 is 2.39 bits per heavy atom. The van der Waals surface area contributed by atoms with Crippen molar-refractivity contribution in [2.24, 2.45) is 0 Å². The first-order valence-electron chi connectivity index (χ1n) is 6.08. The highest BCUT2D eigenvalue weighted by Gasteiger charge is 2.01. The summed E-state index contributed by atoms with van der Waals surface area (Å²) in [5.74, 6) is 0. The quantitative estimate of drug-likeness (QED) is 0.568. The summed E-state index contributed by atoms with van der Waals surface area (Å²) in [6, 6.07) is 8.22. The van der Waals surface area contributed by atoms with Gasteiger partial charge in [0, 0.05) is 6.21 Å². The maximum Gasteiger partial charge on any atom is 0.0256 e. The first-order valence-corrected chi connectivity index (χ1v) is 6.08. The van der Waals surface area contributed by atoms with Gasteiger partial charge in [-0.25, -0.2) is 0 Å². The van der Waals surface area contributed by atoms with Crippen LogP contribution >= 0.6 is 0 Å². The molecule has 0 atom stereocenters. The van der Waals surface area contributed by atoms with Crippen LogP contribution in [0, 0.1) is 12.3 Å². The molecule has 18 heavy (non-hydrogen) atoms. The van der Waals surface area contributed by atoms with E-state index in [4.69, 9.17) is 5.41 Å². The maximum absolute atomic E-state index is 7.57. The standard InChI is InChI=1S/C17H21N/c1-12(2)15(5)14(4)10-17(11-18)16-8-6-7-13(3)9-16/h6-11,18H,1H2,2-5H3/b15-14+,17-10+,18-11?. The van der Waals surface area contributed by atoms with Crippen LogP contribution in [-0.2, 0) is 0 Å². The van der Waals surface area contributed by atoms with Gasteiger partial charge in [-0.3, -0.25) is 0 Å². The van der Waals surface area contributed by atoms with Gasteiger partial charge in [0.25, 0.3) is 0 Å². The Bertz CT molecular complexity index is 530. The molecule has 1 aromatic rings. The fourth-order valence-corrected chi connectivity index (χ4v) is 1.71. The van der Waals surface area contributed by atoms with Crippen molar-refractivity contribution in [1.29, 1.82) is 5.41 Å². The summed E-state index contributed by atoms with van der Waals surface area (Å²) in [5.41, 5.74) is 6.62. The van der Waals surface area contributed by atoms with Crippen molar-refractivity contribution in [3.8, 4) is 0 Å².